The van der Waals surface area contributed by atoms with E-state index >= 15 is 0 Å². The first kappa shape index (κ1) is 20.6. The zero-order valence-electron chi connectivity index (χ0n) is 18.5. The number of ether oxygens (including phenoxy) is 1. The molecule has 3 aromatic rings. The number of nitro groups is 1. The molecule has 1 saturated heterocycles. The molecule has 7 nitrogen and oxygen atoms in total. The first-order chi connectivity index (χ1) is 16.5. The van der Waals surface area contributed by atoms with Crippen molar-refractivity contribution < 1.29 is 19.2 Å². The fraction of sp³-hybridized carbons (Fsp3) is 0.259. The van der Waals surface area contributed by atoms with Crippen LogP contribution >= 0.6 is 0 Å². The number of rotatable bonds is 5. The van der Waals surface area contributed by atoms with Gasteiger partial charge >= 0.3 is 0 Å². The molecule has 3 aliphatic carbocycles. The summed E-state index contributed by atoms with van der Waals surface area (Å²) in [6, 6.07) is 21.1. The van der Waals surface area contributed by atoms with Crippen LogP contribution in [0.5, 0.6) is 5.75 Å². The number of carbonyl (C=O) groups excluding carboxylic acids is 2. The molecule has 7 rings (SSSR count). The van der Waals surface area contributed by atoms with Crippen LogP contribution in [0.3, 0.4) is 0 Å². The quantitative estimate of drug-likeness (QED) is 0.326. The number of anilines is 1. The Morgan fingerprint density at radius 1 is 0.912 bits per heavy atom. The Morgan fingerprint density at radius 2 is 1.50 bits per heavy atom. The molecular weight excluding hydrogens is 432 g/mol. The smallest absolute Gasteiger partial charge is 0.285 e. The molecule has 0 aromatic heterocycles. The fourth-order valence-electron chi connectivity index (χ4n) is 6.21. The maximum atomic E-state index is 13.9. The van der Waals surface area contributed by atoms with Gasteiger partial charge in [-0.2, -0.15) is 0 Å². The first-order valence-corrected chi connectivity index (χ1v) is 11.5. The van der Waals surface area contributed by atoms with Gasteiger partial charge in [-0.15, -0.1) is 0 Å². The molecule has 1 fully saturated rings. The number of imide groups is 1. The second-order valence-electron chi connectivity index (χ2n) is 9.03. The lowest BCUT2D eigenvalue weighted by molar-refractivity contribution is -0.578. The Kier molecular flexibility index (Phi) is 4.39. The fourth-order valence-corrected chi connectivity index (χ4v) is 6.21. The van der Waals surface area contributed by atoms with Crippen LogP contribution < -0.4 is 9.64 Å². The average molecular weight is 454 g/mol. The number of benzene rings is 3. The summed E-state index contributed by atoms with van der Waals surface area (Å²) in [6.07, 6.45) is 0.861. The van der Waals surface area contributed by atoms with Gasteiger partial charge in [-0.25, -0.2) is 4.90 Å². The summed E-state index contributed by atoms with van der Waals surface area (Å²) in [6.45, 7) is 2.57. The third-order valence-electron chi connectivity index (χ3n) is 7.43. The molecule has 4 aliphatic rings. The standard InChI is InChI=1S/C27H22N2O5/c1-2-15-34-17-13-11-16(12-14-17)28-25(30)23-22-18-7-3-5-9-20(18)27(29(32)33,24(23)26(28)31)21-10-6-4-8-19(21)22/h3-14,22-24H,2,15H2,1H3/t22?,23-,24+,27?/m0/s1. The van der Waals surface area contributed by atoms with Crippen LogP contribution in [0.15, 0.2) is 72.8 Å². The van der Waals surface area contributed by atoms with E-state index in [9.17, 15) is 19.7 Å². The van der Waals surface area contributed by atoms with E-state index in [4.69, 9.17) is 4.74 Å². The summed E-state index contributed by atoms with van der Waals surface area (Å²) in [5.74, 6) is -2.63. The van der Waals surface area contributed by atoms with E-state index in [0.29, 0.717) is 29.2 Å². The van der Waals surface area contributed by atoms with E-state index < -0.39 is 35.1 Å². The van der Waals surface area contributed by atoms with Crippen molar-refractivity contribution in [2.45, 2.75) is 24.8 Å². The summed E-state index contributed by atoms with van der Waals surface area (Å²) in [5.41, 5.74) is 1.13. The Hall–Kier alpha value is -4.00. The van der Waals surface area contributed by atoms with Crippen LogP contribution in [0.1, 0.15) is 41.5 Å². The number of hydrogen-bond donors (Lipinski definition) is 0. The minimum atomic E-state index is -1.81. The largest absolute Gasteiger partial charge is 0.494 e. The Labute approximate surface area is 196 Å². The molecule has 0 unspecified atom stereocenters. The zero-order valence-corrected chi connectivity index (χ0v) is 18.5. The normalized spacial score (nSPS) is 26.1. The highest BCUT2D eigenvalue weighted by Crippen LogP contribution is 2.64. The van der Waals surface area contributed by atoms with E-state index in [1.165, 1.54) is 0 Å². The monoisotopic (exact) mass is 454 g/mol. The van der Waals surface area contributed by atoms with Crippen molar-refractivity contribution in [1.82, 2.24) is 0 Å². The van der Waals surface area contributed by atoms with E-state index in [2.05, 4.69) is 0 Å². The van der Waals surface area contributed by atoms with Gasteiger partial charge in [0.1, 0.15) is 11.7 Å². The minimum Gasteiger partial charge on any atom is -0.494 e. The zero-order chi connectivity index (χ0) is 23.6. The van der Waals surface area contributed by atoms with E-state index in [1.54, 1.807) is 48.5 Å². The van der Waals surface area contributed by atoms with Gasteiger partial charge in [-0.05, 0) is 41.8 Å². The van der Waals surface area contributed by atoms with Gasteiger partial charge in [-0.1, -0.05) is 55.5 Å². The molecule has 7 heteroatoms. The van der Waals surface area contributed by atoms with Crippen LogP contribution in [0.25, 0.3) is 0 Å². The molecule has 3 aromatic carbocycles. The van der Waals surface area contributed by atoms with Gasteiger partial charge in [0, 0.05) is 22.0 Å². The van der Waals surface area contributed by atoms with E-state index in [0.717, 1.165) is 22.4 Å². The number of carbonyl (C=O) groups is 2. The van der Waals surface area contributed by atoms with Crippen molar-refractivity contribution in [3.05, 3.63) is 105 Å². The molecule has 0 N–H and O–H groups in total. The molecule has 0 spiro atoms. The number of amides is 2. The molecule has 0 radical (unpaired) electrons. The molecule has 2 atom stereocenters. The lowest BCUT2D eigenvalue weighted by Gasteiger charge is -2.48. The maximum absolute atomic E-state index is 13.9. The topological polar surface area (TPSA) is 89.8 Å². The number of nitrogens with zero attached hydrogens (tertiary/aromatic N) is 2. The van der Waals surface area contributed by atoms with Crippen molar-refractivity contribution in [1.29, 1.82) is 0 Å². The predicted octanol–water partition coefficient (Wildman–Crippen LogP) is 4.26. The first-order valence-electron chi connectivity index (χ1n) is 11.5. The highest BCUT2D eigenvalue weighted by molar-refractivity contribution is 6.23. The molecule has 34 heavy (non-hydrogen) atoms. The van der Waals surface area contributed by atoms with Gasteiger partial charge in [0.25, 0.3) is 5.54 Å². The molecular formula is C27H22N2O5. The van der Waals surface area contributed by atoms with Crippen molar-refractivity contribution >= 4 is 17.5 Å². The third kappa shape index (κ3) is 2.41. The molecule has 0 saturated carbocycles. The van der Waals surface area contributed by atoms with Gasteiger partial charge in [0.15, 0.2) is 0 Å². The molecule has 2 bridgehead atoms. The lowest BCUT2D eigenvalue weighted by atomic mass is 9.51. The lowest BCUT2D eigenvalue weighted by Crippen LogP contribution is -2.57. The molecule has 2 amide bonds. The molecule has 1 aliphatic heterocycles. The summed E-state index contributed by atoms with van der Waals surface area (Å²) in [4.78, 5) is 41.5. The molecule has 170 valence electrons. The molecule has 1 heterocycles. The van der Waals surface area contributed by atoms with Gasteiger partial charge in [-0.3, -0.25) is 19.7 Å². The predicted molar refractivity (Wildman–Crippen MR) is 124 cm³/mol. The summed E-state index contributed by atoms with van der Waals surface area (Å²) in [7, 11) is 0. The van der Waals surface area contributed by atoms with Crippen LogP contribution in [0.4, 0.5) is 5.69 Å². The second-order valence-corrected chi connectivity index (χ2v) is 9.03. The SMILES string of the molecule is CCCOc1ccc(N2C(=O)[C@H]3C4c5ccccc5C([N+](=O)[O-])(c5ccccc54)[C@H]3C2=O)cc1. The van der Waals surface area contributed by atoms with Crippen molar-refractivity contribution in [3.8, 4) is 5.75 Å². The Bertz CT molecular complexity index is 1300. The Balaban J connectivity index is 1.54. The van der Waals surface area contributed by atoms with Gasteiger partial charge in [0.05, 0.1) is 18.2 Å². The third-order valence-corrected chi connectivity index (χ3v) is 7.43. The van der Waals surface area contributed by atoms with Gasteiger partial charge < -0.3 is 4.74 Å². The maximum Gasteiger partial charge on any atom is 0.285 e. The van der Waals surface area contributed by atoms with Gasteiger partial charge in [0.2, 0.25) is 11.8 Å². The Morgan fingerprint density at radius 3 is 2.06 bits per heavy atom. The van der Waals surface area contributed by atoms with E-state index in [-0.39, 0.29) is 4.92 Å². The highest BCUT2D eigenvalue weighted by atomic mass is 16.6. The highest BCUT2D eigenvalue weighted by Gasteiger charge is 2.74. The van der Waals surface area contributed by atoms with Crippen LogP contribution in [0.2, 0.25) is 0 Å². The van der Waals surface area contributed by atoms with Crippen LogP contribution in [-0.2, 0) is 15.1 Å². The van der Waals surface area contributed by atoms with Crippen molar-refractivity contribution in [3.63, 3.8) is 0 Å². The minimum absolute atomic E-state index is 0.353. The summed E-state index contributed by atoms with van der Waals surface area (Å²) in [5, 5.41) is 12.9. The van der Waals surface area contributed by atoms with Crippen LogP contribution in [-0.4, -0.2) is 23.3 Å². The number of hydrogen-bond acceptors (Lipinski definition) is 5. The van der Waals surface area contributed by atoms with E-state index in [1.807, 2.05) is 31.2 Å². The second kappa shape index (κ2) is 7.25. The van der Waals surface area contributed by atoms with Crippen LogP contribution in [0, 0.1) is 22.0 Å². The summed E-state index contributed by atoms with van der Waals surface area (Å²) < 4.78 is 5.62. The summed E-state index contributed by atoms with van der Waals surface area (Å²) >= 11 is 0. The van der Waals surface area contributed by atoms with Crippen molar-refractivity contribution in [2.75, 3.05) is 11.5 Å². The van der Waals surface area contributed by atoms with Crippen molar-refractivity contribution in [2.24, 2.45) is 11.8 Å². The average Bonchev–Trinajstić information content (AvgIpc) is 3.13.